The zero-order valence-corrected chi connectivity index (χ0v) is 11.8. The van der Waals surface area contributed by atoms with Gasteiger partial charge in [0, 0.05) is 12.1 Å². The quantitative estimate of drug-likeness (QED) is 0.828. The van der Waals surface area contributed by atoms with Crippen molar-refractivity contribution in [3.63, 3.8) is 0 Å². The van der Waals surface area contributed by atoms with Crippen molar-refractivity contribution >= 4 is 17.4 Å². The second-order valence-electron chi connectivity index (χ2n) is 5.53. The van der Waals surface area contributed by atoms with Crippen molar-refractivity contribution in [2.45, 2.75) is 40.2 Å². The molecule has 0 radical (unpaired) electrons. The molecular formula is C14H23NS. The minimum Gasteiger partial charge on any atom is -0.308 e. The first-order valence-electron chi connectivity index (χ1n) is 5.86. The van der Waals surface area contributed by atoms with E-state index in [1.165, 1.54) is 11.1 Å². The Labute approximate surface area is 104 Å². The molecule has 0 amide bonds. The molecule has 0 aliphatic rings. The highest BCUT2D eigenvalue weighted by molar-refractivity contribution is 7.08. The number of rotatable bonds is 4. The lowest BCUT2D eigenvalue weighted by Gasteiger charge is -2.23. The molecule has 0 unspecified atom stereocenters. The molecule has 2 heteroatoms. The summed E-state index contributed by atoms with van der Waals surface area (Å²) in [5.41, 5.74) is 2.97. The molecule has 0 saturated heterocycles. The van der Waals surface area contributed by atoms with Gasteiger partial charge in [-0.25, -0.2) is 0 Å². The summed E-state index contributed by atoms with van der Waals surface area (Å²) in [6.07, 6.45) is 2.31. The van der Waals surface area contributed by atoms with Gasteiger partial charge in [0.2, 0.25) is 0 Å². The van der Waals surface area contributed by atoms with Crippen LogP contribution in [0.25, 0.3) is 6.08 Å². The van der Waals surface area contributed by atoms with Crippen LogP contribution in [0, 0.1) is 5.92 Å². The molecule has 1 rings (SSSR count). The second-order valence-corrected chi connectivity index (χ2v) is 6.31. The maximum absolute atomic E-state index is 3.55. The van der Waals surface area contributed by atoms with Gasteiger partial charge in [-0.3, -0.25) is 0 Å². The van der Waals surface area contributed by atoms with E-state index in [0.717, 1.165) is 6.54 Å². The summed E-state index contributed by atoms with van der Waals surface area (Å²) in [4.78, 5) is 0. The summed E-state index contributed by atoms with van der Waals surface area (Å²) in [5, 5.41) is 7.87. The van der Waals surface area contributed by atoms with E-state index < -0.39 is 0 Å². The SMILES string of the molecule is CC(C)C(=Cc1ccsc1)CNC(C)(C)C. The predicted molar refractivity (Wildman–Crippen MR) is 74.9 cm³/mol. The lowest BCUT2D eigenvalue weighted by molar-refractivity contribution is 0.437. The number of thiophene rings is 1. The van der Waals surface area contributed by atoms with Crippen LogP contribution in [0.2, 0.25) is 0 Å². The first-order chi connectivity index (χ1) is 7.38. The molecule has 1 heterocycles. The van der Waals surface area contributed by atoms with Gasteiger partial charge in [-0.1, -0.05) is 25.5 Å². The third-order valence-corrected chi connectivity index (χ3v) is 3.16. The van der Waals surface area contributed by atoms with Gasteiger partial charge in [0.1, 0.15) is 0 Å². The van der Waals surface area contributed by atoms with Gasteiger partial charge in [0.25, 0.3) is 0 Å². The third kappa shape index (κ3) is 4.95. The minimum absolute atomic E-state index is 0.183. The largest absolute Gasteiger partial charge is 0.308 e. The molecule has 16 heavy (non-hydrogen) atoms. The van der Waals surface area contributed by atoms with Gasteiger partial charge in [0.15, 0.2) is 0 Å². The summed E-state index contributed by atoms with van der Waals surface area (Å²) in [6, 6.07) is 2.17. The molecule has 1 aromatic rings. The molecule has 0 aliphatic heterocycles. The van der Waals surface area contributed by atoms with Crippen LogP contribution < -0.4 is 5.32 Å². The van der Waals surface area contributed by atoms with Crippen molar-refractivity contribution < 1.29 is 0 Å². The highest BCUT2D eigenvalue weighted by atomic mass is 32.1. The monoisotopic (exact) mass is 237 g/mol. The van der Waals surface area contributed by atoms with Crippen molar-refractivity contribution in [2.75, 3.05) is 6.54 Å². The molecule has 0 bridgehead atoms. The number of nitrogens with one attached hydrogen (secondary N) is 1. The van der Waals surface area contributed by atoms with Crippen molar-refractivity contribution in [1.29, 1.82) is 0 Å². The summed E-state index contributed by atoms with van der Waals surface area (Å²) in [5.74, 6) is 0.592. The second kappa shape index (κ2) is 5.65. The average molecular weight is 237 g/mol. The minimum atomic E-state index is 0.183. The predicted octanol–water partition coefficient (Wildman–Crippen LogP) is 4.18. The van der Waals surface area contributed by atoms with Crippen LogP contribution in [0.1, 0.15) is 40.2 Å². The molecule has 0 aliphatic carbocycles. The summed E-state index contributed by atoms with van der Waals surface area (Å²) in [6.45, 7) is 12.1. The Morgan fingerprint density at radius 2 is 2.12 bits per heavy atom. The number of hydrogen-bond acceptors (Lipinski definition) is 2. The molecule has 1 aromatic heterocycles. The Morgan fingerprint density at radius 1 is 1.44 bits per heavy atom. The van der Waals surface area contributed by atoms with Gasteiger partial charge in [0.05, 0.1) is 0 Å². The van der Waals surface area contributed by atoms with E-state index in [0.29, 0.717) is 5.92 Å². The summed E-state index contributed by atoms with van der Waals surface area (Å²) < 4.78 is 0. The van der Waals surface area contributed by atoms with Crippen molar-refractivity contribution in [3.8, 4) is 0 Å². The van der Waals surface area contributed by atoms with Gasteiger partial charge >= 0.3 is 0 Å². The Morgan fingerprint density at radius 3 is 2.56 bits per heavy atom. The lowest BCUT2D eigenvalue weighted by Crippen LogP contribution is -2.37. The van der Waals surface area contributed by atoms with Crippen LogP contribution in [0.15, 0.2) is 22.4 Å². The summed E-state index contributed by atoms with van der Waals surface area (Å²) >= 11 is 1.75. The zero-order chi connectivity index (χ0) is 12.2. The number of hydrogen-bond donors (Lipinski definition) is 1. The molecule has 0 atom stereocenters. The Bertz CT molecular complexity index is 328. The Kier molecular flexibility index (Phi) is 4.75. The van der Waals surface area contributed by atoms with Crippen LogP contribution in [-0.4, -0.2) is 12.1 Å². The maximum Gasteiger partial charge on any atom is 0.0175 e. The standard InChI is InChI=1S/C14H23NS/c1-11(2)13(9-15-14(3,4)5)8-12-6-7-16-10-12/h6-8,10-11,15H,9H2,1-5H3. The molecule has 0 saturated carbocycles. The maximum atomic E-state index is 3.55. The molecule has 0 aromatic carbocycles. The van der Waals surface area contributed by atoms with E-state index in [4.69, 9.17) is 0 Å². The normalized spacial score (nSPS) is 13.5. The topological polar surface area (TPSA) is 12.0 Å². The first-order valence-corrected chi connectivity index (χ1v) is 6.80. The van der Waals surface area contributed by atoms with Gasteiger partial charge in [-0.05, 0) is 49.1 Å². The van der Waals surface area contributed by atoms with E-state index in [2.05, 4.69) is 62.8 Å². The fourth-order valence-corrected chi connectivity index (χ4v) is 1.98. The Balaban J connectivity index is 2.69. The third-order valence-electron chi connectivity index (χ3n) is 2.46. The van der Waals surface area contributed by atoms with Gasteiger partial charge in [-0.2, -0.15) is 11.3 Å². The van der Waals surface area contributed by atoms with Crippen LogP contribution in [0.3, 0.4) is 0 Å². The van der Waals surface area contributed by atoms with Crippen LogP contribution in [-0.2, 0) is 0 Å². The molecular weight excluding hydrogens is 214 g/mol. The van der Waals surface area contributed by atoms with Crippen molar-refractivity contribution in [3.05, 3.63) is 28.0 Å². The fourth-order valence-electron chi connectivity index (χ4n) is 1.36. The van der Waals surface area contributed by atoms with E-state index >= 15 is 0 Å². The van der Waals surface area contributed by atoms with E-state index in [1.54, 1.807) is 11.3 Å². The van der Waals surface area contributed by atoms with Crippen molar-refractivity contribution in [1.82, 2.24) is 5.32 Å². The molecule has 0 spiro atoms. The Hall–Kier alpha value is -0.600. The average Bonchev–Trinajstić information content (AvgIpc) is 2.62. The van der Waals surface area contributed by atoms with E-state index in [-0.39, 0.29) is 5.54 Å². The zero-order valence-electron chi connectivity index (χ0n) is 11.0. The first kappa shape index (κ1) is 13.5. The smallest absolute Gasteiger partial charge is 0.0175 e. The highest BCUT2D eigenvalue weighted by Crippen LogP contribution is 2.17. The van der Waals surface area contributed by atoms with Gasteiger partial charge in [-0.15, -0.1) is 0 Å². The molecule has 0 fully saturated rings. The van der Waals surface area contributed by atoms with Crippen LogP contribution >= 0.6 is 11.3 Å². The lowest BCUT2D eigenvalue weighted by atomic mass is 9.99. The summed E-state index contributed by atoms with van der Waals surface area (Å²) in [7, 11) is 0. The molecule has 1 N–H and O–H groups in total. The van der Waals surface area contributed by atoms with E-state index in [9.17, 15) is 0 Å². The molecule has 90 valence electrons. The fraction of sp³-hybridized carbons (Fsp3) is 0.571. The highest BCUT2D eigenvalue weighted by Gasteiger charge is 2.11. The van der Waals surface area contributed by atoms with E-state index in [1.807, 2.05) is 0 Å². The van der Waals surface area contributed by atoms with Gasteiger partial charge < -0.3 is 5.32 Å². The van der Waals surface area contributed by atoms with Crippen molar-refractivity contribution in [2.24, 2.45) is 5.92 Å². The molecule has 1 nitrogen and oxygen atoms in total. The van der Waals surface area contributed by atoms with Crippen LogP contribution in [0.5, 0.6) is 0 Å². The van der Waals surface area contributed by atoms with Crippen LogP contribution in [0.4, 0.5) is 0 Å².